The van der Waals surface area contributed by atoms with Gasteiger partial charge in [-0.25, -0.2) is 9.97 Å². The first-order chi connectivity index (χ1) is 11.8. The normalized spacial score (nSPS) is 14.8. The third-order valence-electron chi connectivity index (χ3n) is 4.11. The summed E-state index contributed by atoms with van der Waals surface area (Å²) >= 11 is 0. The van der Waals surface area contributed by atoms with Gasteiger partial charge in [0.2, 0.25) is 0 Å². The van der Waals surface area contributed by atoms with Gasteiger partial charge in [-0.2, -0.15) is 0 Å². The number of hydrogen-bond acceptors (Lipinski definition) is 6. The van der Waals surface area contributed by atoms with Gasteiger partial charge in [-0.1, -0.05) is 12.1 Å². The first kappa shape index (κ1) is 14.5. The number of para-hydroxylation sites is 2. The number of hydrogen-bond donors (Lipinski definition) is 0. The number of rotatable bonds is 2. The second-order valence-corrected chi connectivity index (χ2v) is 5.59. The smallest absolute Gasteiger partial charge is 0.274 e. The predicted molar refractivity (Wildman–Crippen MR) is 89.7 cm³/mol. The van der Waals surface area contributed by atoms with E-state index in [9.17, 15) is 4.79 Å². The minimum absolute atomic E-state index is 0.0765. The molecule has 1 aromatic carbocycles. The SMILES string of the molecule is O=C(c1cnccn1)N1CCN(c2cnc3ccccc3n2)CC1. The first-order valence-electron chi connectivity index (χ1n) is 7.83. The third-order valence-corrected chi connectivity index (χ3v) is 4.11. The Bertz CT molecular complexity index is 861. The van der Waals surface area contributed by atoms with Crippen LogP contribution in [0.15, 0.2) is 49.1 Å². The van der Waals surface area contributed by atoms with Gasteiger partial charge in [0.1, 0.15) is 11.5 Å². The Labute approximate surface area is 139 Å². The second kappa shape index (κ2) is 6.19. The van der Waals surface area contributed by atoms with Gasteiger partial charge in [0, 0.05) is 38.6 Å². The molecule has 1 aliphatic heterocycles. The van der Waals surface area contributed by atoms with E-state index in [0.717, 1.165) is 29.9 Å². The zero-order chi connectivity index (χ0) is 16.4. The van der Waals surface area contributed by atoms with Crippen LogP contribution in [0.1, 0.15) is 10.5 Å². The van der Waals surface area contributed by atoms with Crippen LogP contribution in [0.5, 0.6) is 0 Å². The molecule has 4 rings (SSSR count). The van der Waals surface area contributed by atoms with Gasteiger partial charge in [0.15, 0.2) is 0 Å². The van der Waals surface area contributed by atoms with Crippen molar-refractivity contribution in [1.29, 1.82) is 0 Å². The van der Waals surface area contributed by atoms with Crippen LogP contribution >= 0.6 is 0 Å². The average molecular weight is 320 g/mol. The molecule has 1 fully saturated rings. The van der Waals surface area contributed by atoms with Gasteiger partial charge in [-0.3, -0.25) is 14.8 Å². The summed E-state index contributed by atoms with van der Waals surface area (Å²) in [5, 5.41) is 0. The second-order valence-electron chi connectivity index (χ2n) is 5.59. The first-order valence-corrected chi connectivity index (χ1v) is 7.83. The topological polar surface area (TPSA) is 75.1 Å². The fraction of sp³-hybridized carbons (Fsp3) is 0.235. The highest BCUT2D eigenvalue weighted by atomic mass is 16.2. The van der Waals surface area contributed by atoms with Crippen molar-refractivity contribution in [2.45, 2.75) is 0 Å². The minimum atomic E-state index is -0.0765. The van der Waals surface area contributed by atoms with E-state index < -0.39 is 0 Å². The van der Waals surface area contributed by atoms with Crippen LogP contribution in [0.2, 0.25) is 0 Å². The number of carbonyl (C=O) groups is 1. The fourth-order valence-electron chi connectivity index (χ4n) is 2.81. The maximum atomic E-state index is 12.4. The highest BCUT2D eigenvalue weighted by Crippen LogP contribution is 2.17. The lowest BCUT2D eigenvalue weighted by molar-refractivity contribution is 0.0740. The fourth-order valence-corrected chi connectivity index (χ4v) is 2.81. The van der Waals surface area contributed by atoms with Crippen molar-refractivity contribution >= 4 is 22.8 Å². The zero-order valence-corrected chi connectivity index (χ0v) is 13.0. The number of fused-ring (bicyclic) bond motifs is 1. The van der Waals surface area contributed by atoms with E-state index in [4.69, 9.17) is 0 Å². The van der Waals surface area contributed by atoms with Crippen molar-refractivity contribution in [3.63, 3.8) is 0 Å². The molecule has 1 aliphatic rings. The molecule has 7 nitrogen and oxygen atoms in total. The van der Waals surface area contributed by atoms with Crippen LogP contribution in [0.25, 0.3) is 11.0 Å². The molecule has 3 heterocycles. The lowest BCUT2D eigenvalue weighted by Gasteiger charge is -2.35. The van der Waals surface area contributed by atoms with Crippen molar-refractivity contribution in [3.8, 4) is 0 Å². The molecule has 0 spiro atoms. The molecule has 0 unspecified atom stereocenters. The predicted octanol–water partition coefficient (Wildman–Crippen LogP) is 1.38. The Morgan fingerprint density at radius 1 is 0.917 bits per heavy atom. The standard InChI is InChI=1S/C17H16N6O/c24-17(15-11-18-5-6-19-15)23-9-7-22(8-10-23)16-12-20-13-3-1-2-4-14(13)21-16/h1-6,11-12H,7-10H2. The van der Waals surface area contributed by atoms with Gasteiger partial charge < -0.3 is 9.80 Å². The van der Waals surface area contributed by atoms with E-state index in [2.05, 4.69) is 24.8 Å². The molecule has 120 valence electrons. The molecule has 0 saturated carbocycles. The highest BCUT2D eigenvalue weighted by molar-refractivity contribution is 5.92. The maximum Gasteiger partial charge on any atom is 0.274 e. The molecular weight excluding hydrogens is 304 g/mol. The molecular formula is C17H16N6O. The van der Waals surface area contributed by atoms with Crippen molar-refractivity contribution in [3.05, 3.63) is 54.7 Å². The van der Waals surface area contributed by atoms with Crippen molar-refractivity contribution < 1.29 is 4.79 Å². The maximum absolute atomic E-state index is 12.4. The summed E-state index contributed by atoms with van der Waals surface area (Å²) in [6, 6.07) is 7.81. The summed E-state index contributed by atoms with van der Waals surface area (Å²) in [6.07, 6.45) is 6.40. The molecule has 0 aliphatic carbocycles. The highest BCUT2D eigenvalue weighted by Gasteiger charge is 2.23. The van der Waals surface area contributed by atoms with Crippen LogP contribution < -0.4 is 4.90 Å². The van der Waals surface area contributed by atoms with Crippen molar-refractivity contribution in [2.75, 3.05) is 31.1 Å². The summed E-state index contributed by atoms with van der Waals surface area (Å²) in [7, 11) is 0. The van der Waals surface area contributed by atoms with E-state index in [-0.39, 0.29) is 5.91 Å². The number of carbonyl (C=O) groups excluding carboxylic acids is 1. The number of aromatic nitrogens is 4. The minimum Gasteiger partial charge on any atom is -0.352 e. The van der Waals surface area contributed by atoms with Gasteiger partial charge in [-0.05, 0) is 12.1 Å². The van der Waals surface area contributed by atoms with E-state index in [0.29, 0.717) is 18.8 Å². The Hall–Kier alpha value is -3.09. The van der Waals surface area contributed by atoms with Gasteiger partial charge >= 0.3 is 0 Å². The van der Waals surface area contributed by atoms with Crippen LogP contribution in [-0.2, 0) is 0 Å². The quantitative estimate of drug-likeness (QED) is 0.710. The zero-order valence-electron chi connectivity index (χ0n) is 13.0. The molecule has 0 radical (unpaired) electrons. The number of amides is 1. The average Bonchev–Trinajstić information content (AvgIpc) is 2.68. The Morgan fingerprint density at radius 2 is 1.71 bits per heavy atom. The van der Waals surface area contributed by atoms with Crippen LogP contribution in [0.4, 0.5) is 5.82 Å². The molecule has 1 amide bonds. The summed E-state index contributed by atoms with van der Waals surface area (Å²) in [6.45, 7) is 2.70. The van der Waals surface area contributed by atoms with E-state index in [1.807, 2.05) is 24.3 Å². The molecule has 0 N–H and O–H groups in total. The Morgan fingerprint density at radius 3 is 2.46 bits per heavy atom. The van der Waals surface area contributed by atoms with E-state index in [1.54, 1.807) is 17.3 Å². The van der Waals surface area contributed by atoms with E-state index >= 15 is 0 Å². The lowest BCUT2D eigenvalue weighted by atomic mass is 10.2. The van der Waals surface area contributed by atoms with Gasteiger partial charge in [-0.15, -0.1) is 0 Å². The molecule has 3 aromatic rings. The lowest BCUT2D eigenvalue weighted by Crippen LogP contribution is -2.49. The number of anilines is 1. The summed E-state index contributed by atoms with van der Waals surface area (Å²) < 4.78 is 0. The van der Waals surface area contributed by atoms with E-state index in [1.165, 1.54) is 12.4 Å². The van der Waals surface area contributed by atoms with Gasteiger partial charge in [0.25, 0.3) is 5.91 Å². The van der Waals surface area contributed by atoms with Crippen LogP contribution in [0.3, 0.4) is 0 Å². The monoisotopic (exact) mass is 320 g/mol. The Balaban J connectivity index is 1.46. The van der Waals surface area contributed by atoms with Gasteiger partial charge in [0.05, 0.1) is 23.4 Å². The molecule has 7 heteroatoms. The number of nitrogens with zero attached hydrogens (tertiary/aromatic N) is 6. The molecule has 0 bridgehead atoms. The molecule has 1 saturated heterocycles. The largest absolute Gasteiger partial charge is 0.352 e. The summed E-state index contributed by atoms with van der Waals surface area (Å²) in [5.74, 6) is 0.771. The number of benzene rings is 1. The van der Waals surface area contributed by atoms with Crippen molar-refractivity contribution in [1.82, 2.24) is 24.8 Å². The molecule has 2 aromatic heterocycles. The van der Waals surface area contributed by atoms with Crippen LogP contribution in [-0.4, -0.2) is 56.9 Å². The number of piperazine rings is 1. The summed E-state index contributed by atoms with van der Waals surface area (Å²) in [4.78, 5) is 33.5. The Kier molecular flexibility index (Phi) is 3.74. The third kappa shape index (κ3) is 2.76. The molecule has 24 heavy (non-hydrogen) atoms. The molecule has 0 atom stereocenters. The summed E-state index contributed by atoms with van der Waals surface area (Å²) in [5.41, 5.74) is 2.15. The van der Waals surface area contributed by atoms with Crippen molar-refractivity contribution in [2.24, 2.45) is 0 Å². The van der Waals surface area contributed by atoms with Crippen LogP contribution in [0, 0.1) is 0 Å².